The van der Waals surface area contributed by atoms with Gasteiger partial charge >= 0.3 is 0 Å². The van der Waals surface area contributed by atoms with Gasteiger partial charge in [-0.2, -0.15) is 0 Å². The number of pyridine rings is 2. The Balaban J connectivity index is 2.07. The molecule has 0 saturated heterocycles. The van der Waals surface area contributed by atoms with E-state index in [9.17, 15) is 4.79 Å². The molecule has 3 aromatic rings. The van der Waals surface area contributed by atoms with Gasteiger partial charge in [0.1, 0.15) is 12.4 Å². The first-order chi connectivity index (χ1) is 11.4. The van der Waals surface area contributed by atoms with Crippen LogP contribution in [0.25, 0.3) is 21.9 Å². The van der Waals surface area contributed by atoms with E-state index in [2.05, 4.69) is 24.6 Å². The molecule has 0 fully saturated rings. The highest BCUT2D eigenvalue weighted by Gasteiger charge is 2.14. The van der Waals surface area contributed by atoms with E-state index in [1.54, 1.807) is 30.5 Å². The number of halogens is 1. The van der Waals surface area contributed by atoms with Gasteiger partial charge in [-0.25, -0.2) is 4.98 Å². The number of fused-ring (bicyclic) bond motifs is 2. The van der Waals surface area contributed by atoms with Crippen LogP contribution in [0, 0.1) is 0 Å². The van der Waals surface area contributed by atoms with Crippen LogP contribution in [0.5, 0.6) is 0 Å². The zero-order valence-electron chi connectivity index (χ0n) is 14.2. The zero-order valence-corrected chi connectivity index (χ0v) is 15.9. The summed E-state index contributed by atoms with van der Waals surface area (Å²) in [7, 11) is -1.14. The summed E-state index contributed by atoms with van der Waals surface area (Å²) in [6, 6.07) is 10.0. The summed E-state index contributed by atoms with van der Waals surface area (Å²) in [5.74, 6) is 0. The number of aromatic nitrogens is 2. The molecule has 6 heteroatoms. The Labute approximate surface area is 147 Å². The number of ether oxygens (including phenoxy) is 1. The van der Waals surface area contributed by atoms with Crippen LogP contribution < -0.4 is 5.43 Å². The van der Waals surface area contributed by atoms with Crippen molar-refractivity contribution in [2.75, 3.05) is 6.61 Å². The van der Waals surface area contributed by atoms with Gasteiger partial charge < -0.3 is 9.30 Å². The van der Waals surface area contributed by atoms with Crippen molar-refractivity contribution >= 4 is 41.6 Å². The molecule has 2 aromatic heterocycles. The SMILES string of the molecule is C[Si](C)(C)CCOCn1c2ccc(Cl)cc2c(=O)c2cccnc21. The smallest absolute Gasteiger partial charge is 0.198 e. The fourth-order valence-corrected chi connectivity index (χ4v) is 3.57. The highest BCUT2D eigenvalue weighted by molar-refractivity contribution is 6.76. The Morgan fingerprint density at radius 2 is 2.00 bits per heavy atom. The Kier molecular flexibility index (Phi) is 4.76. The van der Waals surface area contributed by atoms with Gasteiger partial charge in [0.2, 0.25) is 0 Å². The largest absolute Gasteiger partial charge is 0.361 e. The van der Waals surface area contributed by atoms with Crippen LogP contribution in [0.3, 0.4) is 0 Å². The molecule has 0 radical (unpaired) electrons. The predicted molar refractivity (Wildman–Crippen MR) is 103 cm³/mol. The van der Waals surface area contributed by atoms with Crippen LogP contribution in [0.1, 0.15) is 0 Å². The maximum absolute atomic E-state index is 12.7. The lowest BCUT2D eigenvalue weighted by molar-refractivity contribution is 0.0923. The van der Waals surface area contributed by atoms with Crippen LogP contribution in [0.2, 0.25) is 30.7 Å². The van der Waals surface area contributed by atoms with Gasteiger partial charge in [-0.1, -0.05) is 31.2 Å². The van der Waals surface area contributed by atoms with Crippen LogP contribution in [0.4, 0.5) is 0 Å². The highest BCUT2D eigenvalue weighted by atomic mass is 35.5. The van der Waals surface area contributed by atoms with Gasteiger partial charge in [0.05, 0.1) is 10.9 Å². The number of benzene rings is 1. The third-order valence-electron chi connectivity index (χ3n) is 4.00. The summed E-state index contributed by atoms with van der Waals surface area (Å²) in [5.41, 5.74) is 1.39. The highest BCUT2D eigenvalue weighted by Crippen LogP contribution is 2.21. The predicted octanol–water partition coefficient (Wildman–Crippen LogP) is 4.52. The zero-order chi connectivity index (χ0) is 17.3. The van der Waals surface area contributed by atoms with Crippen molar-refractivity contribution in [2.24, 2.45) is 0 Å². The van der Waals surface area contributed by atoms with Gasteiger partial charge in [0, 0.05) is 31.3 Å². The molecule has 3 rings (SSSR count). The number of hydrogen-bond acceptors (Lipinski definition) is 3. The summed E-state index contributed by atoms with van der Waals surface area (Å²) >= 11 is 6.08. The maximum Gasteiger partial charge on any atom is 0.198 e. The van der Waals surface area contributed by atoms with Crippen molar-refractivity contribution in [3.63, 3.8) is 0 Å². The third kappa shape index (κ3) is 3.53. The monoisotopic (exact) mass is 360 g/mol. The average molecular weight is 361 g/mol. The lowest BCUT2D eigenvalue weighted by Gasteiger charge is -2.18. The molecule has 4 nitrogen and oxygen atoms in total. The molecule has 126 valence electrons. The van der Waals surface area contributed by atoms with Gasteiger partial charge in [0.15, 0.2) is 5.43 Å². The first kappa shape index (κ1) is 17.1. The van der Waals surface area contributed by atoms with Gasteiger partial charge in [0.25, 0.3) is 0 Å². The molecule has 24 heavy (non-hydrogen) atoms. The van der Waals surface area contributed by atoms with E-state index >= 15 is 0 Å². The molecule has 0 spiro atoms. The van der Waals surface area contributed by atoms with Crippen molar-refractivity contribution in [2.45, 2.75) is 32.4 Å². The molecule has 0 atom stereocenters. The topological polar surface area (TPSA) is 44.1 Å². The van der Waals surface area contributed by atoms with Crippen molar-refractivity contribution in [1.82, 2.24) is 9.55 Å². The van der Waals surface area contributed by atoms with E-state index in [0.29, 0.717) is 34.8 Å². The van der Waals surface area contributed by atoms with E-state index in [4.69, 9.17) is 16.3 Å². The fourth-order valence-electron chi connectivity index (χ4n) is 2.64. The van der Waals surface area contributed by atoms with Crippen LogP contribution in [-0.2, 0) is 11.5 Å². The minimum Gasteiger partial charge on any atom is -0.361 e. The van der Waals surface area contributed by atoms with E-state index in [1.165, 1.54) is 0 Å². The van der Waals surface area contributed by atoms with Crippen molar-refractivity contribution in [3.8, 4) is 0 Å². The lowest BCUT2D eigenvalue weighted by atomic mass is 10.1. The summed E-state index contributed by atoms with van der Waals surface area (Å²) in [6.45, 7) is 8.06. The summed E-state index contributed by atoms with van der Waals surface area (Å²) < 4.78 is 7.86. The van der Waals surface area contributed by atoms with Crippen molar-refractivity contribution in [1.29, 1.82) is 0 Å². The number of nitrogens with zero attached hydrogens (tertiary/aromatic N) is 2. The Morgan fingerprint density at radius 3 is 2.75 bits per heavy atom. The van der Waals surface area contributed by atoms with E-state index in [1.807, 2.05) is 10.6 Å². The Hall–Kier alpha value is -1.69. The molecule has 2 heterocycles. The second kappa shape index (κ2) is 6.67. The number of rotatable bonds is 5. The van der Waals surface area contributed by atoms with Crippen LogP contribution in [-0.4, -0.2) is 24.2 Å². The first-order valence-corrected chi connectivity index (χ1v) is 12.1. The average Bonchev–Trinajstić information content (AvgIpc) is 2.53. The van der Waals surface area contributed by atoms with Crippen molar-refractivity contribution < 1.29 is 4.74 Å². The van der Waals surface area contributed by atoms with Crippen LogP contribution >= 0.6 is 11.6 Å². The van der Waals surface area contributed by atoms with E-state index in [0.717, 1.165) is 11.6 Å². The lowest BCUT2D eigenvalue weighted by Crippen LogP contribution is -2.22. The van der Waals surface area contributed by atoms with E-state index in [-0.39, 0.29) is 5.43 Å². The minimum atomic E-state index is -1.14. The summed E-state index contributed by atoms with van der Waals surface area (Å²) in [4.78, 5) is 17.1. The second-order valence-corrected chi connectivity index (χ2v) is 13.2. The van der Waals surface area contributed by atoms with E-state index < -0.39 is 8.07 Å². The van der Waals surface area contributed by atoms with Crippen LogP contribution in [0.15, 0.2) is 41.3 Å². The molecular formula is C18H21ClN2O2Si. The fraction of sp³-hybridized carbons (Fsp3) is 0.333. The third-order valence-corrected chi connectivity index (χ3v) is 5.94. The number of hydrogen-bond donors (Lipinski definition) is 0. The molecule has 0 saturated carbocycles. The second-order valence-electron chi connectivity index (χ2n) is 7.14. The summed E-state index contributed by atoms with van der Waals surface area (Å²) in [6.07, 6.45) is 1.70. The Bertz CT molecular complexity index is 947. The molecule has 1 aromatic carbocycles. The summed E-state index contributed by atoms with van der Waals surface area (Å²) in [5, 5.41) is 1.73. The van der Waals surface area contributed by atoms with Gasteiger partial charge in [-0.05, 0) is 36.4 Å². The quantitative estimate of drug-likeness (QED) is 0.382. The van der Waals surface area contributed by atoms with Crippen molar-refractivity contribution in [3.05, 3.63) is 51.8 Å². The minimum absolute atomic E-state index is 0.0473. The first-order valence-electron chi connectivity index (χ1n) is 8.01. The maximum atomic E-state index is 12.7. The Morgan fingerprint density at radius 1 is 1.21 bits per heavy atom. The molecule has 0 bridgehead atoms. The molecule has 0 aliphatic carbocycles. The normalized spacial score (nSPS) is 12.2. The molecular weight excluding hydrogens is 340 g/mol. The standard InChI is InChI=1S/C18H21ClN2O2Si/c1-24(2,3)10-9-23-12-21-16-7-6-13(19)11-15(16)17(22)14-5-4-8-20-18(14)21/h4-8,11H,9-10,12H2,1-3H3. The molecule has 0 N–H and O–H groups in total. The molecule has 0 aliphatic heterocycles. The van der Waals surface area contributed by atoms with Gasteiger partial charge in [-0.3, -0.25) is 4.79 Å². The molecule has 0 unspecified atom stereocenters. The van der Waals surface area contributed by atoms with Gasteiger partial charge in [-0.15, -0.1) is 0 Å². The molecule has 0 amide bonds. The molecule has 0 aliphatic rings.